The molecule has 2 rings (SSSR count). The number of esters is 1. The second-order valence-electron chi connectivity index (χ2n) is 5.33. The number of carbonyl (C=O) groups is 3. The van der Waals surface area contributed by atoms with Crippen molar-refractivity contribution >= 4 is 35.1 Å². The average Bonchev–Trinajstić information content (AvgIpc) is 2.93. The fourth-order valence-electron chi connectivity index (χ4n) is 2.48. The summed E-state index contributed by atoms with van der Waals surface area (Å²) in [5.41, 5.74) is 0.625. The Morgan fingerprint density at radius 1 is 1.39 bits per heavy atom. The van der Waals surface area contributed by atoms with E-state index in [4.69, 9.17) is 11.6 Å². The van der Waals surface area contributed by atoms with Crippen molar-refractivity contribution in [2.75, 3.05) is 25.1 Å². The zero-order valence-electron chi connectivity index (χ0n) is 12.9. The maximum absolute atomic E-state index is 12.1. The summed E-state index contributed by atoms with van der Waals surface area (Å²) in [6.07, 6.45) is 0.924. The Kier molecular flexibility index (Phi) is 5.98. The standard InChI is InChI=1S/C16H19ClN2O4/c1-23-15(21)7-4-8-18-16(22)11-9-14(20)19(10-11)13-6-3-2-5-12(13)17/h2-3,5-6,11H,4,7-10H2,1H3,(H,18,22). The van der Waals surface area contributed by atoms with Crippen LogP contribution in [-0.4, -0.2) is 38.0 Å². The molecule has 1 aliphatic rings. The molecule has 1 aliphatic heterocycles. The molecule has 23 heavy (non-hydrogen) atoms. The highest BCUT2D eigenvalue weighted by atomic mass is 35.5. The predicted molar refractivity (Wildman–Crippen MR) is 86.2 cm³/mol. The predicted octanol–water partition coefficient (Wildman–Crippen LogP) is 1.76. The Morgan fingerprint density at radius 2 is 2.13 bits per heavy atom. The van der Waals surface area contributed by atoms with E-state index < -0.39 is 5.92 Å². The minimum absolute atomic E-state index is 0.118. The van der Waals surface area contributed by atoms with Crippen LogP contribution in [0.3, 0.4) is 0 Å². The van der Waals surface area contributed by atoms with E-state index in [0.29, 0.717) is 30.2 Å². The molecule has 0 bridgehead atoms. The number of benzene rings is 1. The fourth-order valence-corrected chi connectivity index (χ4v) is 2.72. The van der Waals surface area contributed by atoms with E-state index in [9.17, 15) is 14.4 Å². The first-order valence-corrected chi connectivity index (χ1v) is 7.80. The molecule has 1 aromatic rings. The van der Waals surface area contributed by atoms with Crippen LogP contribution in [0.2, 0.25) is 5.02 Å². The number of rotatable bonds is 6. The Morgan fingerprint density at radius 3 is 2.83 bits per heavy atom. The molecule has 1 fully saturated rings. The van der Waals surface area contributed by atoms with Gasteiger partial charge in [-0.2, -0.15) is 0 Å². The molecule has 1 unspecified atom stereocenters. The van der Waals surface area contributed by atoms with E-state index in [2.05, 4.69) is 10.1 Å². The summed E-state index contributed by atoms with van der Waals surface area (Å²) in [5, 5.41) is 3.24. The van der Waals surface area contributed by atoms with Gasteiger partial charge in [-0.3, -0.25) is 14.4 Å². The summed E-state index contributed by atoms with van der Waals surface area (Å²) in [7, 11) is 1.33. The number of nitrogens with one attached hydrogen (secondary N) is 1. The largest absolute Gasteiger partial charge is 0.469 e. The van der Waals surface area contributed by atoms with Crippen molar-refractivity contribution in [2.45, 2.75) is 19.3 Å². The fraction of sp³-hybridized carbons (Fsp3) is 0.438. The highest BCUT2D eigenvalue weighted by Gasteiger charge is 2.35. The third-order valence-corrected chi connectivity index (χ3v) is 4.04. The van der Waals surface area contributed by atoms with Crippen LogP contribution >= 0.6 is 11.6 Å². The molecule has 7 heteroatoms. The molecule has 1 heterocycles. The third kappa shape index (κ3) is 4.45. The second-order valence-corrected chi connectivity index (χ2v) is 5.73. The lowest BCUT2D eigenvalue weighted by atomic mass is 10.1. The lowest BCUT2D eigenvalue weighted by Gasteiger charge is -2.18. The van der Waals surface area contributed by atoms with E-state index in [-0.39, 0.29) is 30.6 Å². The molecular weight excluding hydrogens is 320 g/mol. The molecule has 0 spiro atoms. The van der Waals surface area contributed by atoms with E-state index in [1.165, 1.54) is 7.11 Å². The zero-order chi connectivity index (χ0) is 16.8. The Hall–Kier alpha value is -2.08. The van der Waals surface area contributed by atoms with E-state index in [1.54, 1.807) is 29.2 Å². The van der Waals surface area contributed by atoms with Crippen LogP contribution in [0, 0.1) is 5.92 Å². The SMILES string of the molecule is COC(=O)CCCNC(=O)C1CC(=O)N(c2ccccc2Cl)C1. The number of amides is 2. The lowest BCUT2D eigenvalue weighted by Crippen LogP contribution is -2.33. The van der Waals surface area contributed by atoms with Gasteiger partial charge in [-0.1, -0.05) is 23.7 Å². The summed E-state index contributed by atoms with van der Waals surface area (Å²) in [5.74, 6) is -1.01. The smallest absolute Gasteiger partial charge is 0.305 e. The quantitative estimate of drug-likeness (QED) is 0.633. The van der Waals surface area contributed by atoms with Gasteiger partial charge in [0.2, 0.25) is 11.8 Å². The van der Waals surface area contributed by atoms with Crippen LogP contribution in [0.15, 0.2) is 24.3 Å². The molecular formula is C16H19ClN2O4. The number of anilines is 1. The molecule has 0 saturated carbocycles. The Labute approximate surface area is 139 Å². The van der Waals surface area contributed by atoms with Crippen molar-refractivity contribution in [3.05, 3.63) is 29.3 Å². The number of ether oxygens (including phenoxy) is 1. The Bertz CT molecular complexity index is 605. The van der Waals surface area contributed by atoms with Crippen molar-refractivity contribution in [2.24, 2.45) is 5.92 Å². The van der Waals surface area contributed by atoms with Gasteiger partial charge in [-0.05, 0) is 18.6 Å². The van der Waals surface area contributed by atoms with Gasteiger partial charge in [-0.25, -0.2) is 0 Å². The molecule has 124 valence electrons. The number of halogens is 1. The molecule has 0 radical (unpaired) electrons. The lowest BCUT2D eigenvalue weighted by molar-refractivity contribution is -0.140. The monoisotopic (exact) mass is 338 g/mol. The molecule has 2 amide bonds. The number of hydrogen-bond acceptors (Lipinski definition) is 4. The van der Waals surface area contributed by atoms with Gasteiger partial charge in [-0.15, -0.1) is 0 Å². The van der Waals surface area contributed by atoms with Crippen LogP contribution in [0.4, 0.5) is 5.69 Å². The van der Waals surface area contributed by atoms with Crippen molar-refractivity contribution in [1.82, 2.24) is 5.32 Å². The molecule has 1 atom stereocenters. The maximum atomic E-state index is 12.1. The third-order valence-electron chi connectivity index (χ3n) is 3.72. The van der Waals surface area contributed by atoms with Gasteiger partial charge in [0, 0.05) is 25.9 Å². The molecule has 6 nitrogen and oxygen atoms in total. The zero-order valence-corrected chi connectivity index (χ0v) is 13.6. The van der Waals surface area contributed by atoms with Gasteiger partial charge < -0.3 is 15.0 Å². The first-order valence-electron chi connectivity index (χ1n) is 7.42. The first-order chi connectivity index (χ1) is 11.0. The van der Waals surface area contributed by atoms with Gasteiger partial charge in [0.25, 0.3) is 0 Å². The van der Waals surface area contributed by atoms with Gasteiger partial charge in [0.1, 0.15) is 0 Å². The van der Waals surface area contributed by atoms with Crippen molar-refractivity contribution < 1.29 is 19.1 Å². The van der Waals surface area contributed by atoms with Gasteiger partial charge in [0.05, 0.1) is 23.7 Å². The van der Waals surface area contributed by atoms with Crippen LogP contribution in [0.25, 0.3) is 0 Å². The highest BCUT2D eigenvalue weighted by Crippen LogP contribution is 2.30. The van der Waals surface area contributed by atoms with Crippen molar-refractivity contribution in [3.8, 4) is 0 Å². The molecule has 0 aliphatic carbocycles. The van der Waals surface area contributed by atoms with Crippen LogP contribution in [0.1, 0.15) is 19.3 Å². The van der Waals surface area contributed by atoms with E-state index in [1.807, 2.05) is 0 Å². The number of methoxy groups -OCH3 is 1. The molecule has 1 aromatic carbocycles. The molecule has 1 N–H and O–H groups in total. The van der Waals surface area contributed by atoms with Gasteiger partial charge >= 0.3 is 5.97 Å². The van der Waals surface area contributed by atoms with E-state index in [0.717, 1.165) is 0 Å². The number of carbonyl (C=O) groups excluding carboxylic acids is 3. The van der Waals surface area contributed by atoms with Crippen LogP contribution in [0.5, 0.6) is 0 Å². The first kappa shape index (κ1) is 17.3. The average molecular weight is 339 g/mol. The minimum Gasteiger partial charge on any atom is -0.469 e. The minimum atomic E-state index is -0.406. The number of hydrogen-bond donors (Lipinski definition) is 1. The Balaban J connectivity index is 1.86. The topological polar surface area (TPSA) is 75.7 Å². The summed E-state index contributed by atoms with van der Waals surface area (Å²) in [6, 6.07) is 7.06. The summed E-state index contributed by atoms with van der Waals surface area (Å²) in [6.45, 7) is 0.691. The van der Waals surface area contributed by atoms with Crippen molar-refractivity contribution in [3.63, 3.8) is 0 Å². The molecule has 0 aromatic heterocycles. The number of para-hydroxylation sites is 1. The van der Waals surface area contributed by atoms with Gasteiger partial charge in [0.15, 0.2) is 0 Å². The highest BCUT2D eigenvalue weighted by molar-refractivity contribution is 6.33. The molecule has 1 saturated heterocycles. The van der Waals surface area contributed by atoms with Crippen molar-refractivity contribution in [1.29, 1.82) is 0 Å². The summed E-state index contributed by atoms with van der Waals surface area (Å²) < 4.78 is 4.53. The normalized spacial score (nSPS) is 17.2. The summed E-state index contributed by atoms with van der Waals surface area (Å²) >= 11 is 6.10. The second kappa shape index (κ2) is 7.97. The van der Waals surface area contributed by atoms with E-state index >= 15 is 0 Å². The van der Waals surface area contributed by atoms with Crippen LogP contribution < -0.4 is 10.2 Å². The number of nitrogens with zero attached hydrogens (tertiary/aromatic N) is 1. The van der Waals surface area contributed by atoms with Crippen LogP contribution in [-0.2, 0) is 19.1 Å². The summed E-state index contributed by atoms with van der Waals surface area (Å²) in [4.78, 5) is 36.8. The maximum Gasteiger partial charge on any atom is 0.305 e.